The van der Waals surface area contributed by atoms with Gasteiger partial charge < -0.3 is 40.3 Å². The molecule has 252 valence electrons. The minimum Gasteiger partial charge on any atom is -0.394 e. The first kappa shape index (κ1) is 39.7. The molecule has 0 bridgehead atoms. The fourth-order valence-electron chi connectivity index (χ4n) is 5.21. The second-order valence-corrected chi connectivity index (χ2v) is 12.0. The molecule has 1 saturated heterocycles. The maximum Gasteiger partial charge on any atom is 0.220 e. The van der Waals surface area contributed by atoms with Crippen LogP contribution in [0.3, 0.4) is 0 Å². The van der Waals surface area contributed by atoms with Crippen molar-refractivity contribution in [2.24, 2.45) is 0 Å². The average molecular weight is 614 g/mol. The summed E-state index contributed by atoms with van der Waals surface area (Å²) in [6.07, 6.45) is 19.6. The Morgan fingerprint density at radius 2 is 1.35 bits per heavy atom. The van der Waals surface area contributed by atoms with Crippen molar-refractivity contribution in [3.05, 3.63) is 24.3 Å². The molecule has 0 radical (unpaired) electrons. The van der Waals surface area contributed by atoms with Crippen LogP contribution in [0, 0.1) is 0 Å². The lowest BCUT2D eigenvalue weighted by Crippen LogP contribution is -2.60. The quantitative estimate of drug-likeness (QED) is 0.0601. The maximum absolute atomic E-state index is 12.7. The van der Waals surface area contributed by atoms with E-state index in [2.05, 4.69) is 25.2 Å². The van der Waals surface area contributed by atoms with Crippen molar-refractivity contribution in [3.63, 3.8) is 0 Å². The molecule has 43 heavy (non-hydrogen) atoms. The summed E-state index contributed by atoms with van der Waals surface area (Å²) in [7, 11) is 0. The van der Waals surface area contributed by atoms with Gasteiger partial charge in [-0.2, -0.15) is 0 Å². The molecule has 1 fully saturated rings. The van der Waals surface area contributed by atoms with Crippen LogP contribution in [0.2, 0.25) is 0 Å². The molecule has 6 N–H and O–H groups in total. The summed E-state index contributed by atoms with van der Waals surface area (Å²) < 4.78 is 11.1. The first-order valence-electron chi connectivity index (χ1n) is 17.1. The number of amides is 1. The Bertz CT molecular complexity index is 731. The minimum absolute atomic E-state index is 0.201. The normalized spacial score (nSPS) is 24.1. The van der Waals surface area contributed by atoms with Crippen LogP contribution in [0.15, 0.2) is 24.3 Å². The zero-order chi connectivity index (χ0) is 31.7. The van der Waals surface area contributed by atoms with E-state index in [9.17, 15) is 30.3 Å². The van der Waals surface area contributed by atoms with Crippen LogP contribution >= 0.6 is 0 Å². The Morgan fingerprint density at radius 3 is 1.93 bits per heavy atom. The number of carbonyl (C=O) groups excluding carboxylic acids is 1. The van der Waals surface area contributed by atoms with E-state index in [-0.39, 0.29) is 12.5 Å². The SMILES string of the molecule is CCCCCCC/C=C/C=C/[C@@H](O)[C@H](CO[C@@H]1O[C@H](CO)[C@@H](O)C(O)C1O)NC(=O)CCCCCCCCCCCCC. The number of aliphatic hydroxyl groups excluding tert-OH is 5. The van der Waals surface area contributed by atoms with Gasteiger partial charge in [0.25, 0.3) is 0 Å². The highest BCUT2D eigenvalue weighted by Gasteiger charge is 2.44. The summed E-state index contributed by atoms with van der Waals surface area (Å²) in [6.45, 7) is 3.65. The average Bonchev–Trinajstić information content (AvgIpc) is 3.00. The molecule has 1 aliphatic rings. The predicted molar refractivity (Wildman–Crippen MR) is 170 cm³/mol. The van der Waals surface area contributed by atoms with E-state index in [1.54, 1.807) is 12.2 Å². The predicted octanol–water partition coefficient (Wildman–Crippen LogP) is 4.82. The van der Waals surface area contributed by atoms with E-state index in [1.807, 2.05) is 6.08 Å². The Kier molecular flexibility index (Phi) is 23.9. The molecule has 1 aliphatic heterocycles. The number of rotatable bonds is 26. The Labute approximate surface area is 260 Å². The van der Waals surface area contributed by atoms with Gasteiger partial charge in [0.1, 0.15) is 24.4 Å². The van der Waals surface area contributed by atoms with Gasteiger partial charge in [-0.3, -0.25) is 4.79 Å². The summed E-state index contributed by atoms with van der Waals surface area (Å²) >= 11 is 0. The minimum atomic E-state index is -1.57. The van der Waals surface area contributed by atoms with Gasteiger partial charge in [-0.05, 0) is 19.3 Å². The number of unbranched alkanes of at least 4 members (excludes halogenated alkanes) is 15. The van der Waals surface area contributed by atoms with Crippen LogP contribution in [0.5, 0.6) is 0 Å². The lowest BCUT2D eigenvalue weighted by atomic mass is 9.99. The third-order valence-electron chi connectivity index (χ3n) is 8.08. The highest BCUT2D eigenvalue weighted by atomic mass is 16.7. The number of allylic oxidation sites excluding steroid dienone is 3. The fraction of sp³-hybridized carbons (Fsp3) is 0.853. The van der Waals surface area contributed by atoms with Crippen LogP contribution in [0.4, 0.5) is 0 Å². The van der Waals surface area contributed by atoms with E-state index < -0.39 is 49.5 Å². The van der Waals surface area contributed by atoms with Crippen molar-refractivity contribution in [2.45, 2.75) is 172 Å². The number of ether oxygens (including phenoxy) is 2. The zero-order valence-corrected chi connectivity index (χ0v) is 27.0. The molecule has 0 aliphatic carbocycles. The first-order valence-corrected chi connectivity index (χ1v) is 17.1. The molecular formula is C34H63NO8. The molecular weight excluding hydrogens is 550 g/mol. The molecule has 0 aromatic heterocycles. The van der Waals surface area contributed by atoms with Crippen molar-refractivity contribution in [2.75, 3.05) is 13.2 Å². The number of hydrogen-bond donors (Lipinski definition) is 6. The van der Waals surface area contributed by atoms with Crippen molar-refractivity contribution < 1.29 is 39.8 Å². The summed E-state index contributed by atoms with van der Waals surface area (Å²) in [6, 6.07) is -0.828. The lowest BCUT2D eigenvalue weighted by molar-refractivity contribution is -0.302. The molecule has 0 saturated carbocycles. The topological polar surface area (TPSA) is 149 Å². The van der Waals surface area contributed by atoms with Crippen LogP contribution < -0.4 is 5.32 Å². The second-order valence-electron chi connectivity index (χ2n) is 12.0. The van der Waals surface area contributed by atoms with E-state index in [1.165, 1.54) is 77.0 Å². The van der Waals surface area contributed by atoms with Gasteiger partial charge in [-0.1, -0.05) is 128 Å². The van der Waals surface area contributed by atoms with Crippen LogP contribution in [0.1, 0.15) is 129 Å². The van der Waals surface area contributed by atoms with Crippen molar-refractivity contribution in [1.29, 1.82) is 0 Å². The maximum atomic E-state index is 12.7. The summed E-state index contributed by atoms with van der Waals surface area (Å²) in [4.78, 5) is 12.7. The molecule has 1 rings (SSSR count). The summed E-state index contributed by atoms with van der Waals surface area (Å²) in [5.74, 6) is -0.201. The summed E-state index contributed by atoms with van der Waals surface area (Å²) in [5.41, 5.74) is 0. The van der Waals surface area contributed by atoms with E-state index in [0.29, 0.717) is 6.42 Å². The Balaban J connectivity index is 2.55. The molecule has 9 nitrogen and oxygen atoms in total. The lowest BCUT2D eigenvalue weighted by Gasteiger charge is -2.40. The molecule has 1 amide bonds. The second kappa shape index (κ2) is 25.9. The highest BCUT2D eigenvalue weighted by molar-refractivity contribution is 5.76. The van der Waals surface area contributed by atoms with Gasteiger partial charge in [0.2, 0.25) is 5.91 Å². The third-order valence-corrected chi connectivity index (χ3v) is 8.08. The van der Waals surface area contributed by atoms with E-state index >= 15 is 0 Å². The largest absolute Gasteiger partial charge is 0.394 e. The standard InChI is InChI=1S/C34H63NO8/c1-3-5-7-9-11-13-14-16-18-20-22-24-30(38)35-27(28(37)23-21-19-17-15-12-10-8-6-4-2)26-42-34-33(41)32(40)31(39)29(25-36)43-34/h17,19,21,23,27-29,31-34,36-37,39-41H,3-16,18,20,22,24-26H2,1-2H3,(H,35,38)/b19-17+,23-21+/t27-,28+,29+,31+,32?,33?,34+/m0/s1. The summed E-state index contributed by atoms with van der Waals surface area (Å²) in [5, 5.41) is 53.5. The van der Waals surface area contributed by atoms with Gasteiger partial charge in [-0.25, -0.2) is 0 Å². The molecule has 1 heterocycles. The van der Waals surface area contributed by atoms with Gasteiger partial charge in [0, 0.05) is 6.42 Å². The Morgan fingerprint density at radius 1 is 0.791 bits per heavy atom. The van der Waals surface area contributed by atoms with Gasteiger partial charge in [0.05, 0.1) is 25.4 Å². The van der Waals surface area contributed by atoms with Crippen molar-refractivity contribution in [1.82, 2.24) is 5.32 Å². The fourth-order valence-corrected chi connectivity index (χ4v) is 5.21. The van der Waals surface area contributed by atoms with E-state index in [0.717, 1.165) is 32.1 Å². The molecule has 0 spiro atoms. The van der Waals surface area contributed by atoms with Gasteiger partial charge >= 0.3 is 0 Å². The van der Waals surface area contributed by atoms with Crippen molar-refractivity contribution in [3.8, 4) is 0 Å². The molecule has 9 heteroatoms. The number of aliphatic hydroxyl groups is 5. The molecule has 0 aromatic carbocycles. The monoisotopic (exact) mass is 613 g/mol. The highest BCUT2D eigenvalue weighted by Crippen LogP contribution is 2.22. The van der Waals surface area contributed by atoms with Crippen LogP contribution in [0.25, 0.3) is 0 Å². The third kappa shape index (κ3) is 18.3. The first-order chi connectivity index (χ1) is 20.8. The number of hydrogen-bond acceptors (Lipinski definition) is 8. The number of nitrogens with one attached hydrogen (secondary N) is 1. The van der Waals surface area contributed by atoms with Crippen LogP contribution in [-0.2, 0) is 14.3 Å². The molecule has 7 atom stereocenters. The molecule has 0 aromatic rings. The van der Waals surface area contributed by atoms with Gasteiger partial charge in [0.15, 0.2) is 6.29 Å². The van der Waals surface area contributed by atoms with Crippen molar-refractivity contribution >= 4 is 5.91 Å². The van der Waals surface area contributed by atoms with E-state index in [4.69, 9.17) is 9.47 Å². The smallest absolute Gasteiger partial charge is 0.220 e. The van der Waals surface area contributed by atoms with Gasteiger partial charge in [-0.15, -0.1) is 0 Å². The number of carbonyl (C=O) groups is 1. The Hall–Kier alpha value is -1.33. The zero-order valence-electron chi connectivity index (χ0n) is 27.0. The molecule has 2 unspecified atom stereocenters. The van der Waals surface area contributed by atoms with Crippen LogP contribution in [-0.4, -0.2) is 87.5 Å².